The van der Waals surface area contributed by atoms with Gasteiger partial charge in [0.2, 0.25) is 5.82 Å². The van der Waals surface area contributed by atoms with E-state index in [1.807, 2.05) is 0 Å². The number of hydrogen-bond donors (Lipinski definition) is 0. The average molecular weight is 306 g/mol. The van der Waals surface area contributed by atoms with Gasteiger partial charge in [0.25, 0.3) is 0 Å². The van der Waals surface area contributed by atoms with Crippen LogP contribution in [0.15, 0.2) is 28.7 Å². The van der Waals surface area contributed by atoms with Gasteiger partial charge in [-0.2, -0.15) is 13.2 Å². The first-order valence-corrected chi connectivity index (χ1v) is 5.41. The number of halogens is 4. The van der Waals surface area contributed by atoms with E-state index in [9.17, 15) is 13.2 Å². The van der Waals surface area contributed by atoms with Gasteiger partial charge in [-0.25, -0.2) is 0 Å². The van der Waals surface area contributed by atoms with E-state index in [2.05, 4.69) is 26.1 Å². The Morgan fingerprint density at radius 3 is 2.18 bits per heavy atom. The summed E-state index contributed by atoms with van der Waals surface area (Å²) in [6, 6.07) is 6.82. The van der Waals surface area contributed by atoms with Gasteiger partial charge >= 0.3 is 6.18 Å². The van der Waals surface area contributed by atoms with Crippen molar-refractivity contribution in [1.82, 2.24) is 14.8 Å². The maximum atomic E-state index is 12.5. The molecule has 90 valence electrons. The van der Waals surface area contributed by atoms with Crippen molar-refractivity contribution in [3.63, 3.8) is 0 Å². The van der Waals surface area contributed by atoms with E-state index in [0.717, 1.165) is 9.04 Å². The van der Waals surface area contributed by atoms with Gasteiger partial charge in [0, 0.05) is 17.1 Å². The minimum atomic E-state index is -4.49. The zero-order valence-electron chi connectivity index (χ0n) is 8.66. The summed E-state index contributed by atoms with van der Waals surface area (Å²) in [5.74, 6) is -0.819. The maximum absolute atomic E-state index is 12.5. The lowest BCUT2D eigenvalue weighted by Gasteiger charge is -2.06. The van der Waals surface area contributed by atoms with Gasteiger partial charge in [0.15, 0.2) is 5.82 Å². The van der Waals surface area contributed by atoms with Crippen molar-refractivity contribution in [2.24, 2.45) is 7.05 Å². The van der Waals surface area contributed by atoms with E-state index < -0.39 is 12.0 Å². The minimum Gasteiger partial charge on any atom is -0.306 e. The van der Waals surface area contributed by atoms with Gasteiger partial charge in [0.05, 0.1) is 0 Å². The second kappa shape index (κ2) is 4.14. The molecule has 0 bridgehead atoms. The second-order valence-corrected chi connectivity index (χ2v) is 4.33. The highest BCUT2D eigenvalue weighted by Crippen LogP contribution is 2.30. The third kappa shape index (κ3) is 2.33. The van der Waals surface area contributed by atoms with Gasteiger partial charge in [-0.1, -0.05) is 28.1 Å². The Kier molecular flexibility index (Phi) is 2.94. The van der Waals surface area contributed by atoms with Crippen molar-refractivity contribution in [3.8, 4) is 11.4 Å². The molecule has 0 spiro atoms. The molecule has 3 nitrogen and oxygen atoms in total. The van der Waals surface area contributed by atoms with Gasteiger partial charge in [0.1, 0.15) is 0 Å². The fourth-order valence-electron chi connectivity index (χ4n) is 1.43. The Morgan fingerprint density at radius 1 is 1.12 bits per heavy atom. The van der Waals surface area contributed by atoms with Gasteiger partial charge in [-0.15, -0.1) is 10.2 Å². The molecule has 17 heavy (non-hydrogen) atoms. The zero-order valence-corrected chi connectivity index (χ0v) is 10.2. The topological polar surface area (TPSA) is 30.7 Å². The lowest BCUT2D eigenvalue weighted by molar-refractivity contribution is -0.146. The molecular weight excluding hydrogens is 299 g/mol. The Morgan fingerprint density at radius 2 is 1.71 bits per heavy atom. The van der Waals surface area contributed by atoms with Crippen LogP contribution in [0.4, 0.5) is 13.2 Å². The van der Waals surface area contributed by atoms with Crippen molar-refractivity contribution in [2.45, 2.75) is 6.18 Å². The highest BCUT2D eigenvalue weighted by atomic mass is 79.9. The van der Waals surface area contributed by atoms with Crippen LogP contribution in [0.1, 0.15) is 5.82 Å². The molecule has 0 N–H and O–H groups in total. The van der Waals surface area contributed by atoms with E-state index in [4.69, 9.17) is 0 Å². The van der Waals surface area contributed by atoms with Crippen LogP contribution >= 0.6 is 15.9 Å². The molecular formula is C10H7BrF3N3. The van der Waals surface area contributed by atoms with Gasteiger partial charge in [-0.05, 0) is 12.1 Å². The fourth-order valence-corrected chi connectivity index (χ4v) is 1.69. The molecule has 0 aliphatic carbocycles. The monoisotopic (exact) mass is 305 g/mol. The molecule has 0 aliphatic rings. The fraction of sp³-hybridized carbons (Fsp3) is 0.200. The van der Waals surface area contributed by atoms with E-state index in [-0.39, 0.29) is 5.82 Å². The molecule has 0 amide bonds. The first-order valence-electron chi connectivity index (χ1n) is 4.62. The summed E-state index contributed by atoms with van der Waals surface area (Å²) < 4.78 is 39.3. The smallest absolute Gasteiger partial charge is 0.306 e. The molecule has 0 saturated heterocycles. The normalized spacial score (nSPS) is 11.8. The number of hydrogen-bond acceptors (Lipinski definition) is 2. The molecule has 1 heterocycles. The number of alkyl halides is 3. The number of nitrogens with zero attached hydrogens (tertiary/aromatic N) is 3. The number of benzene rings is 1. The highest BCUT2D eigenvalue weighted by Gasteiger charge is 2.37. The summed E-state index contributed by atoms with van der Waals surface area (Å²) in [7, 11) is 1.29. The zero-order chi connectivity index (χ0) is 12.6. The molecule has 0 atom stereocenters. The third-order valence-electron chi connectivity index (χ3n) is 2.23. The van der Waals surface area contributed by atoms with Crippen molar-refractivity contribution < 1.29 is 13.2 Å². The summed E-state index contributed by atoms with van der Waals surface area (Å²) in [5, 5.41) is 6.72. The minimum absolute atomic E-state index is 0.185. The molecule has 0 fully saturated rings. The van der Waals surface area contributed by atoms with Gasteiger partial charge in [-0.3, -0.25) is 0 Å². The van der Waals surface area contributed by atoms with E-state index >= 15 is 0 Å². The Balaban J connectivity index is 2.48. The number of rotatable bonds is 1. The molecule has 1 aromatic heterocycles. The van der Waals surface area contributed by atoms with Crippen LogP contribution in [-0.4, -0.2) is 14.8 Å². The lowest BCUT2D eigenvalue weighted by atomic mass is 10.2. The molecule has 2 rings (SSSR count). The van der Waals surface area contributed by atoms with E-state index in [1.54, 1.807) is 24.3 Å². The average Bonchev–Trinajstić information content (AvgIpc) is 2.61. The van der Waals surface area contributed by atoms with Crippen LogP contribution < -0.4 is 0 Å². The SMILES string of the molecule is Cn1c(-c2ccc(Br)cc2)nnc1C(F)(F)F. The summed E-state index contributed by atoms with van der Waals surface area (Å²) in [6.45, 7) is 0. The van der Waals surface area contributed by atoms with Crippen LogP contribution in [0.5, 0.6) is 0 Å². The van der Waals surface area contributed by atoms with Gasteiger partial charge < -0.3 is 4.57 Å². The van der Waals surface area contributed by atoms with Crippen molar-refractivity contribution >= 4 is 15.9 Å². The summed E-state index contributed by atoms with van der Waals surface area (Å²) >= 11 is 3.25. The summed E-state index contributed by atoms with van der Waals surface area (Å²) in [5.41, 5.74) is 0.582. The van der Waals surface area contributed by atoms with Crippen LogP contribution in [0.25, 0.3) is 11.4 Å². The van der Waals surface area contributed by atoms with Crippen LogP contribution in [-0.2, 0) is 13.2 Å². The maximum Gasteiger partial charge on any atom is 0.451 e. The standard InChI is InChI=1S/C10H7BrF3N3/c1-17-8(6-2-4-7(11)5-3-6)15-16-9(17)10(12,13)14/h2-5H,1H3. The predicted octanol–water partition coefficient (Wildman–Crippen LogP) is 3.26. The molecule has 0 radical (unpaired) electrons. The molecule has 7 heteroatoms. The van der Waals surface area contributed by atoms with Crippen molar-refractivity contribution in [2.75, 3.05) is 0 Å². The first-order chi connectivity index (χ1) is 7.89. The van der Waals surface area contributed by atoms with E-state index in [0.29, 0.717) is 5.56 Å². The third-order valence-corrected chi connectivity index (χ3v) is 2.76. The van der Waals surface area contributed by atoms with Crippen LogP contribution in [0, 0.1) is 0 Å². The molecule has 0 unspecified atom stereocenters. The Bertz CT molecular complexity index is 531. The summed E-state index contributed by atoms with van der Waals surface area (Å²) in [6.07, 6.45) is -4.49. The first kappa shape index (κ1) is 12.1. The lowest BCUT2D eigenvalue weighted by Crippen LogP contribution is -2.13. The van der Waals surface area contributed by atoms with Crippen LogP contribution in [0.3, 0.4) is 0 Å². The summed E-state index contributed by atoms with van der Waals surface area (Å²) in [4.78, 5) is 0. The largest absolute Gasteiger partial charge is 0.451 e. The quantitative estimate of drug-likeness (QED) is 0.809. The van der Waals surface area contributed by atoms with E-state index in [1.165, 1.54) is 7.05 Å². The number of aromatic nitrogens is 3. The highest BCUT2D eigenvalue weighted by molar-refractivity contribution is 9.10. The predicted molar refractivity (Wildman–Crippen MR) is 59.1 cm³/mol. The Labute approximate surface area is 103 Å². The molecule has 0 aliphatic heterocycles. The molecule has 2 aromatic rings. The van der Waals surface area contributed by atoms with Crippen molar-refractivity contribution in [1.29, 1.82) is 0 Å². The Hall–Kier alpha value is -1.37. The van der Waals surface area contributed by atoms with Crippen molar-refractivity contribution in [3.05, 3.63) is 34.6 Å². The van der Waals surface area contributed by atoms with Crippen LogP contribution in [0.2, 0.25) is 0 Å². The second-order valence-electron chi connectivity index (χ2n) is 3.41. The molecule has 0 saturated carbocycles. The molecule has 1 aromatic carbocycles.